The average molecular weight is 248 g/mol. The molecule has 5 nitrogen and oxygen atoms in total. The first kappa shape index (κ1) is 12.1. The Morgan fingerprint density at radius 1 is 1.39 bits per heavy atom. The van der Waals surface area contributed by atoms with Crippen LogP contribution in [0.4, 0.5) is 10.1 Å². The van der Waals surface area contributed by atoms with Gasteiger partial charge in [0.1, 0.15) is 11.5 Å². The Morgan fingerprint density at radius 2 is 2.11 bits per heavy atom. The fourth-order valence-corrected chi connectivity index (χ4v) is 1.49. The van der Waals surface area contributed by atoms with E-state index in [0.29, 0.717) is 17.8 Å². The Labute approximate surface area is 104 Å². The van der Waals surface area contributed by atoms with Crippen molar-refractivity contribution in [2.75, 3.05) is 12.4 Å². The maximum atomic E-state index is 12.7. The standard InChI is InChI=1S/C12H13FN4O/c1-14-10-6-11(17-15-7-10)12(18)16-9-4-2-8(13)3-5-9/h2-5,7,14-15H,6H2,1H3,(H,16,18). The number of allylic oxidation sites excluding steroid dienone is 1. The molecule has 0 saturated carbocycles. The SMILES string of the molecule is CNC1=CNN=C(C(=O)Nc2ccc(F)cc2)C1. The van der Waals surface area contributed by atoms with Gasteiger partial charge < -0.3 is 10.6 Å². The minimum atomic E-state index is -0.343. The molecule has 0 unspecified atom stereocenters. The van der Waals surface area contributed by atoms with Crippen LogP contribution in [0, 0.1) is 5.82 Å². The molecule has 6 heteroatoms. The van der Waals surface area contributed by atoms with E-state index >= 15 is 0 Å². The van der Waals surface area contributed by atoms with Crippen LogP contribution < -0.4 is 16.1 Å². The Kier molecular flexibility index (Phi) is 3.57. The van der Waals surface area contributed by atoms with E-state index in [4.69, 9.17) is 0 Å². The molecule has 94 valence electrons. The first-order chi connectivity index (χ1) is 8.69. The number of amides is 1. The zero-order chi connectivity index (χ0) is 13.0. The van der Waals surface area contributed by atoms with E-state index in [0.717, 1.165) is 5.70 Å². The van der Waals surface area contributed by atoms with Gasteiger partial charge in [0.15, 0.2) is 0 Å². The highest BCUT2D eigenvalue weighted by molar-refractivity contribution is 6.43. The van der Waals surface area contributed by atoms with E-state index in [2.05, 4.69) is 21.2 Å². The van der Waals surface area contributed by atoms with E-state index in [1.54, 1.807) is 13.2 Å². The molecule has 0 aliphatic carbocycles. The van der Waals surface area contributed by atoms with Crippen molar-refractivity contribution in [2.45, 2.75) is 6.42 Å². The number of carbonyl (C=O) groups is 1. The van der Waals surface area contributed by atoms with E-state index < -0.39 is 0 Å². The number of hydrogen-bond acceptors (Lipinski definition) is 4. The van der Waals surface area contributed by atoms with Crippen LogP contribution in [-0.2, 0) is 4.79 Å². The molecule has 1 aromatic carbocycles. The predicted octanol–water partition coefficient (Wildman–Crippen LogP) is 1.17. The molecule has 0 aromatic heterocycles. The first-order valence-corrected chi connectivity index (χ1v) is 5.45. The largest absolute Gasteiger partial charge is 0.390 e. The lowest BCUT2D eigenvalue weighted by Gasteiger charge is -2.14. The third kappa shape index (κ3) is 2.85. The van der Waals surface area contributed by atoms with Gasteiger partial charge in [-0.25, -0.2) is 4.39 Å². The second kappa shape index (κ2) is 5.31. The lowest BCUT2D eigenvalue weighted by Crippen LogP contribution is -2.30. The molecule has 18 heavy (non-hydrogen) atoms. The van der Waals surface area contributed by atoms with Gasteiger partial charge in [-0.15, -0.1) is 0 Å². The summed E-state index contributed by atoms with van der Waals surface area (Å²) < 4.78 is 12.7. The number of anilines is 1. The van der Waals surface area contributed by atoms with Crippen molar-refractivity contribution in [3.8, 4) is 0 Å². The molecule has 0 radical (unpaired) electrons. The van der Waals surface area contributed by atoms with Crippen LogP contribution in [-0.4, -0.2) is 18.7 Å². The number of hydrazone groups is 1. The lowest BCUT2D eigenvalue weighted by atomic mass is 10.2. The molecule has 2 rings (SSSR count). The number of nitrogens with one attached hydrogen (secondary N) is 3. The monoisotopic (exact) mass is 248 g/mol. The summed E-state index contributed by atoms with van der Waals surface area (Å²) in [4.78, 5) is 11.9. The third-order valence-electron chi connectivity index (χ3n) is 2.48. The van der Waals surface area contributed by atoms with E-state index in [1.807, 2.05) is 0 Å². The quantitative estimate of drug-likeness (QED) is 0.752. The highest BCUT2D eigenvalue weighted by Crippen LogP contribution is 2.10. The molecule has 1 aliphatic heterocycles. The number of rotatable bonds is 3. The lowest BCUT2D eigenvalue weighted by molar-refractivity contribution is -0.110. The van der Waals surface area contributed by atoms with Crippen LogP contribution in [0.2, 0.25) is 0 Å². The maximum absolute atomic E-state index is 12.7. The summed E-state index contributed by atoms with van der Waals surface area (Å²) in [5, 5.41) is 9.51. The molecule has 1 heterocycles. The van der Waals surface area contributed by atoms with Gasteiger partial charge in [-0.1, -0.05) is 0 Å². The van der Waals surface area contributed by atoms with Crippen LogP contribution in [0.1, 0.15) is 6.42 Å². The maximum Gasteiger partial charge on any atom is 0.272 e. The Balaban J connectivity index is 2.00. The van der Waals surface area contributed by atoms with Crippen LogP contribution >= 0.6 is 0 Å². The van der Waals surface area contributed by atoms with Crippen molar-refractivity contribution in [3.63, 3.8) is 0 Å². The highest BCUT2D eigenvalue weighted by atomic mass is 19.1. The minimum Gasteiger partial charge on any atom is -0.390 e. The fraction of sp³-hybridized carbons (Fsp3) is 0.167. The van der Waals surface area contributed by atoms with Crippen molar-refractivity contribution in [2.24, 2.45) is 5.10 Å². The number of nitrogens with zero attached hydrogens (tertiary/aromatic N) is 1. The number of hydrogen-bond donors (Lipinski definition) is 3. The van der Waals surface area contributed by atoms with Crippen LogP contribution in [0.5, 0.6) is 0 Å². The summed E-state index contributed by atoms with van der Waals surface area (Å²) in [6, 6.07) is 5.57. The van der Waals surface area contributed by atoms with Crippen LogP contribution in [0.3, 0.4) is 0 Å². The van der Waals surface area contributed by atoms with E-state index in [1.165, 1.54) is 24.3 Å². The molecule has 0 saturated heterocycles. The smallest absolute Gasteiger partial charge is 0.272 e. The summed E-state index contributed by atoms with van der Waals surface area (Å²) >= 11 is 0. The summed E-state index contributed by atoms with van der Waals surface area (Å²) in [5.74, 6) is -0.653. The molecule has 1 amide bonds. The summed E-state index contributed by atoms with van der Waals surface area (Å²) in [6.07, 6.45) is 2.12. The molecule has 0 spiro atoms. The van der Waals surface area contributed by atoms with Crippen molar-refractivity contribution >= 4 is 17.3 Å². The molecule has 0 fully saturated rings. The molecule has 0 atom stereocenters. The molecule has 1 aromatic rings. The fourth-order valence-electron chi connectivity index (χ4n) is 1.49. The van der Waals surface area contributed by atoms with Crippen molar-refractivity contribution in [3.05, 3.63) is 42.0 Å². The molecule has 0 bridgehead atoms. The van der Waals surface area contributed by atoms with E-state index in [9.17, 15) is 9.18 Å². The molecule has 3 N–H and O–H groups in total. The van der Waals surface area contributed by atoms with Gasteiger partial charge in [0.2, 0.25) is 0 Å². The third-order valence-corrected chi connectivity index (χ3v) is 2.48. The van der Waals surface area contributed by atoms with Gasteiger partial charge in [-0.3, -0.25) is 10.2 Å². The highest BCUT2D eigenvalue weighted by Gasteiger charge is 2.16. The van der Waals surface area contributed by atoms with Gasteiger partial charge in [0.25, 0.3) is 5.91 Å². The molecular formula is C12H13FN4O. The zero-order valence-corrected chi connectivity index (χ0v) is 9.83. The number of carbonyl (C=O) groups excluding carboxylic acids is 1. The van der Waals surface area contributed by atoms with Gasteiger partial charge in [-0.2, -0.15) is 5.10 Å². The van der Waals surface area contributed by atoms with Gasteiger partial charge in [0, 0.05) is 31.1 Å². The minimum absolute atomic E-state index is 0.310. The zero-order valence-electron chi connectivity index (χ0n) is 9.83. The normalized spacial score (nSPS) is 14.1. The Hall–Kier alpha value is -2.37. The summed E-state index contributed by atoms with van der Waals surface area (Å²) in [6.45, 7) is 0. The van der Waals surface area contributed by atoms with Gasteiger partial charge in [0.05, 0.1) is 0 Å². The van der Waals surface area contributed by atoms with Crippen LogP contribution in [0.15, 0.2) is 41.3 Å². The van der Waals surface area contributed by atoms with Crippen molar-refractivity contribution in [1.82, 2.24) is 10.7 Å². The molecule has 1 aliphatic rings. The second-order valence-electron chi connectivity index (χ2n) is 3.74. The topological polar surface area (TPSA) is 65.5 Å². The van der Waals surface area contributed by atoms with Crippen molar-refractivity contribution in [1.29, 1.82) is 0 Å². The van der Waals surface area contributed by atoms with E-state index in [-0.39, 0.29) is 11.7 Å². The Morgan fingerprint density at radius 3 is 2.78 bits per heavy atom. The van der Waals surface area contributed by atoms with Gasteiger partial charge >= 0.3 is 0 Å². The first-order valence-electron chi connectivity index (χ1n) is 5.45. The van der Waals surface area contributed by atoms with Crippen LogP contribution in [0.25, 0.3) is 0 Å². The number of benzene rings is 1. The number of halogens is 1. The predicted molar refractivity (Wildman–Crippen MR) is 67.4 cm³/mol. The Bertz CT molecular complexity index is 507. The van der Waals surface area contributed by atoms with Crippen molar-refractivity contribution < 1.29 is 9.18 Å². The second-order valence-corrected chi connectivity index (χ2v) is 3.74. The summed E-state index contributed by atoms with van der Waals surface area (Å²) in [7, 11) is 1.77. The van der Waals surface area contributed by atoms with Gasteiger partial charge in [-0.05, 0) is 24.3 Å². The average Bonchev–Trinajstić information content (AvgIpc) is 2.41. The molecular weight excluding hydrogens is 235 g/mol. The summed E-state index contributed by atoms with van der Waals surface area (Å²) in [5.41, 5.74) is 4.42.